The average molecular weight is 547 g/mol. The second kappa shape index (κ2) is 11.6. The van der Waals surface area contributed by atoms with Crippen molar-refractivity contribution in [3.63, 3.8) is 0 Å². The molecule has 0 radical (unpaired) electrons. The first kappa shape index (κ1) is 28.1. The van der Waals surface area contributed by atoms with Gasteiger partial charge in [-0.1, -0.05) is 38.1 Å². The number of aryl methyl sites for hydroxylation is 1. The first-order valence-corrected chi connectivity index (χ1v) is 14.3. The summed E-state index contributed by atoms with van der Waals surface area (Å²) >= 11 is 0. The molecule has 2 heterocycles. The molecule has 1 aromatic heterocycles. The van der Waals surface area contributed by atoms with E-state index in [2.05, 4.69) is 55.0 Å². The van der Waals surface area contributed by atoms with E-state index in [4.69, 9.17) is 9.47 Å². The number of nitrogens with zero attached hydrogens (tertiary/aromatic N) is 2. The van der Waals surface area contributed by atoms with Gasteiger partial charge in [-0.3, -0.25) is 9.69 Å². The predicted molar refractivity (Wildman–Crippen MR) is 153 cm³/mol. The van der Waals surface area contributed by atoms with Gasteiger partial charge in [0.2, 0.25) is 5.88 Å². The number of rotatable bonds is 10. The van der Waals surface area contributed by atoms with Crippen molar-refractivity contribution >= 4 is 5.97 Å². The summed E-state index contributed by atoms with van der Waals surface area (Å²) in [6.45, 7) is 6.90. The third-order valence-corrected chi connectivity index (χ3v) is 8.87. The Kier molecular flexibility index (Phi) is 8.13. The number of ether oxygens (including phenoxy) is 2. The fourth-order valence-electron chi connectivity index (χ4n) is 6.03. The highest BCUT2D eigenvalue weighted by Crippen LogP contribution is 2.48. The van der Waals surface area contributed by atoms with E-state index >= 15 is 4.39 Å². The average Bonchev–Trinajstić information content (AvgIpc) is 3.81. The standard InChI is InChI=1S/C33H39FN2O4/c1-6-36(4)20(3)26-15-23(11-13-25(26)27-17-31(39-5)35-18-28(27)34)29-14-12-21-7-10-24(16-30(21)40-29)32(22-8-9-22)19(2)33(37)38/h7,10-11,13,15-20,22,29,32H,6,8-9,12,14H2,1-5H3,(H,37,38)/t19-,20?,29+,32?/m1/s1. The van der Waals surface area contributed by atoms with Crippen molar-refractivity contribution < 1.29 is 23.8 Å². The monoisotopic (exact) mass is 546 g/mol. The van der Waals surface area contributed by atoms with Gasteiger partial charge in [-0.05, 0) is 98.0 Å². The number of carboxylic acids is 1. The number of carbonyl (C=O) groups is 1. The van der Waals surface area contributed by atoms with Crippen LogP contribution in [0.1, 0.15) is 80.4 Å². The Morgan fingerprint density at radius 1 is 1.15 bits per heavy atom. The number of fused-ring (bicyclic) bond motifs is 1. The van der Waals surface area contributed by atoms with E-state index in [1.807, 2.05) is 19.1 Å². The third kappa shape index (κ3) is 5.57. The normalized spacial score (nSPS) is 18.9. The number of carboxylic acid groups (broad SMARTS) is 1. The zero-order valence-electron chi connectivity index (χ0n) is 24.0. The number of methoxy groups -OCH3 is 1. The molecule has 2 aromatic carbocycles. The van der Waals surface area contributed by atoms with Gasteiger partial charge < -0.3 is 14.6 Å². The van der Waals surface area contributed by atoms with Gasteiger partial charge in [-0.15, -0.1) is 0 Å². The topological polar surface area (TPSA) is 71.9 Å². The maximum atomic E-state index is 15.0. The minimum Gasteiger partial charge on any atom is -0.485 e. The van der Waals surface area contributed by atoms with Gasteiger partial charge >= 0.3 is 5.97 Å². The molecule has 1 N–H and O–H groups in total. The van der Waals surface area contributed by atoms with E-state index in [0.717, 1.165) is 65.8 Å². The van der Waals surface area contributed by atoms with Crippen LogP contribution in [0.25, 0.3) is 11.1 Å². The number of halogens is 1. The second-order valence-electron chi connectivity index (χ2n) is 11.3. The summed E-state index contributed by atoms with van der Waals surface area (Å²) in [5.74, 6) is 0.0363. The molecule has 40 heavy (non-hydrogen) atoms. The highest BCUT2D eigenvalue weighted by atomic mass is 19.1. The van der Waals surface area contributed by atoms with Gasteiger partial charge in [0, 0.05) is 17.7 Å². The number of hydrogen-bond acceptors (Lipinski definition) is 5. The van der Waals surface area contributed by atoms with E-state index in [1.54, 1.807) is 6.07 Å². The molecule has 0 saturated heterocycles. The Bertz CT molecular complexity index is 1390. The van der Waals surface area contributed by atoms with Crippen LogP contribution in [-0.4, -0.2) is 41.7 Å². The fourth-order valence-corrected chi connectivity index (χ4v) is 6.03. The summed E-state index contributed by atoms with van der Waals surface area (Å²) in [4.78, 5) is 18.1. The molecule has 0 bridgehead atoms. The van der Waals surface area contributed by atoms with E-state index in [0.29, 0.717) is 17.4 Å². The largest absolute Gasteiger partial charge is 0.485 e. The summed E-state index contributed by atoms with van der Waals surface area (Å²) < 4.78 is 26.9. The molecular weight excluding hydrogens is 507 g/mol. The second-order valence-corrected chi connectivity index (χ2v) is 11.3. The quantitative estimate of drug-likeness (QED) is 0.290. The lowest BCUT2D eigenvalue weighted by molar-refractivity contribution is -0.142. The zero-order chi connectivity index (χ0) is 28.6. The smallest absolute Gasteiger partial charge is 0.306 e. The van der Waals surface area contributed by atoms with Crippen LogP contribution in [0.3, 0.4) is 0 Å². The number of aromatic nitrogens is 1. The maximum absolute atomic E-state index is 15.0. The van der Waals surface area contributed by atoms with Crippen molar-refractivity contribution in [2.24, 2.45) is 11.8 Å². The number of benzene rings is 2. The van der Waals surface area contributed by atoms with E-state index in [-0.39, 0.29) is 18.1 Å². The lowest BCUT2D eigenvalue weighted by atomic mass is 9.82. The summed E-state index contributed by atoms with van der Waals surface area (Å²) in [5, 5.41) is 9.73. The Balaban J connectivity index is 1.49. The molecule has 6 nitrogen and oxygen atoms in total. The molecule has 1 aliphatic carbocycles. The number of hydrogen-bond donors (Lipinski definition) is 1. The van der Waals surface area contributed by atoms with E-state index in [9.17, 15) is 9.90 Å². The first-order chi connectivity index (χ1) is 19.2. The van der Waals surface area contributed by atoms with Crippen LogP contribution in [0.2, 0.25) is 0 Å². The number of pyridine rings is 1. The lowest BCUT2D eigenvalue weighted by Gasteiger charge is -2.31. The van der Waals surface area contributed by atoms with Gasteiger partial charge in [-0.2, -0.15) is 0 Å². The molecule has 212 valence electrons. The Morgan fingerprint density at radius 2 is 1.93 bits per heavy atom. The van der Waals surface area contributed by atoms with Crippen molar-refractivity contribution in [3.8, 4) is 22.8 Å². The molecule has 1 aliphatic heterocycles. The van der Waals surface area contributed by atoms with Gasteiger partial charge in [-0.25, -0.2) is 9.37 Å². The third-order valence-electron chi connectivity index (χ3n) is 8.87. The Morgan fingerprint density at radius 3 is 2.60 bits per heavy atom. The maximum Gasteiger partial charge on any atom is 0.306 e. The summed E-state index contributed by atoms with van der Waals surface area (Å²) in [6.07, 6.45) is 4.92. The summed E-state index contributed by atoms with van der Waals surface area (Å²) in [6, 6.07) is 14.1. The SMILES string of the molecule is CCN(C)C(C)c1cc([C@@H]2CCc3ccc(C(C4CC4)[C@@H](C)C(=O)O)cc3O2)ccc1-c1cc(OC)ncc1F. The molecule has 4 atom stereocenters. The van der Waals surface area contributed by atoms with Gasteiger partial charge in [0.15, 0.2) is 0 Å². The van der Waals surface area contributed by atoms with Gasteiger partial charge in [0.1, 0.15) is 17.7 Å². The number of aliphatic carboxylic acids is 1. The molecule has 1 fully saturated rings. The van der Waals surface area contributed by atoms with Crippen LogP contribution in [0, 0.1) is 17.7 Å². The molecule has 0 spiro atoms. The van der Waals surface area contributed by atoms with Crippen LogP contribution < -0.4 is 9.47 Å². The highest BCUT2D eigenvalue weighted by Gasteiger charge is 2.39. The van der Waals surface area contributed by atoms with Crippen LogP contribution >= 0.6 is 0 Å². The van der Waals surface area contributed by atoms with Crippen molar-refractivity contribution in [2.75, 3.05) is 20.7 Å². The summed E-state index contributed by atoms with van der Waals surface area (Å²) in [5.41, 5.74) is 5.53. The van der Waals surface area contributed by atoms with Gasteiger partial charge in [0.25, 0.3) is 0 Å². The molecule has 2 unspecified atom stereocenters. The van der Waals surface area contributed by atoms with Crippen LogP contribution in [0.15, 0.2) is 48.7 Å². The van der Waals surface area contributed by atoms with Crippen molar-refractivity contribution in [1.29, 1.82) is 0 Å². The molecule has 5 rings (SSSR count). The molecular formula is C33H39FN2O4. The Labute approximate surface area is 236 Å². The first-order valence-electron chi connectivity index (χ1n) is 14.3. The van der Waals surface area contributed by atoms with Gasteiger partial charge in [0.05, 0.1) is 19.2 Å². The minimum absolute atomic E-state index is 0.00431. The van der Waals surface area contributed by atoms with Crippen LogP contribution in [0.5, 0.6) is 11.6 Å². The molecule has 2 aliphatic rings. The molecule has 1 saturated carbocycles. The fraction of sp³-hybridized carbons (Fsp3) is 0.455. The highest BCUT2D eigenvalue weighted by molar-refractivity contribution is 5.71. The lowest BCUT2D eigenvalue weighted by Crippen LogP contribution is -2.23. The molecule has 3 aromatic rings. The van der Waals surface area contributed by atoms with Crippen LogP contribution in [-0.2, 0) is 11.2 Å². The van der Waals surface area contributed by atoms with E-state index < -0.39 is 17.7 Å². The van der Waals surface area contributed by atoms with Crippen molar-refractivity contribution in [1.82, 2.24) is 9.88 Å². The van der Waals surface area contributed by atoms with Crippen LogP contribution in [0.4, 0.5) is 4.39 Å². The zero-order valence-corrected chi connectivity index (χ0v) is 24.0. The Hall–Kier alpha value is -3.45. The molecule has 7 heteroatoms. The molecule has 0 amide bonds. The van der Waals surface area contributed by atoms with E-state index in [1.165, 1.54) is 13.3 Å². The van der Waals surface area contributed by atoms with Crippen molar-refractivity contribution in [2.45, 2.75) is 64.5 Å². The van der Waals surface area contributed by atoms with Crippen molar-refractivity contribution in [3.05, 3.63) is 76.7 Å². The minimum atomic E-state index is -0.754. The summed E-state index contributed by atoms with van der Waals surface area (Å²) in [7, 11) is 3.59. The predicted octanol–water partition coefficient (Wildman–Crippen LogP) is 7.19.